The number of hydrogen-bond acceptors (Lipinski definition) is 2. The Hall–Kier alpha value is -1.00. The molecular formula is C11H14F2N2. The van der Waals surface area contributed by atoms with Gasteiger partial charge in [-0.1, -0.05) is 6.07 Å². The van der Waals surface area contributed by atoms with Gasteiger partial charge in [0.1, 0.15) is 0 Å². The van der Waals surface area contributed by atoms with Crippen molar-refractivity contribution in [2.75, 3.05) is 20.1 Å². The molecule has 2 N–H and O–H groups in total. The van der Waals surface area contributed by atoms with Gasteiger partial charge in [-0.15, -0.1) is 0 Å². The summed E-state index contributed by atoms with van der Waals surface area (Å²) in [5, 5.41) is 0. The molecule has 0 aromatic heterocycles. The van der Waals surface area contributed by atoms with Gasteiger partial charge in [0.2, 0.25) is 0 Å². The second-order valence-electron chi connectivity index (χ2n) is 4.17. The minimum Gasteiger partial charge on any atom is -0.326 e. The monoisotopic (exact) mass is 212 g/mol. The first-order valence-corrected chi connectivity index (χ1v) is 4.97. The van der Waals surface area contributed by atoms with Gasteiger partial charge in [0.05, 0.1) is 0 Å². The van der Waals surface area contributed by atoms with Crippen molar-refractivity contribution < 1.29 is 8.78 Å². The zero-order valence-electron chi connectivity index (χ0n) is 8.58. The molecule has 82 valence electrons. The molecule has 2 nitrogen and oxygen atoms in total. The summed E-state index contributed by atoms with van der Waals surface area (Å²) < 4.78 is 25.8. The van der Waals surface area contributed by atoms with Gasteiger partial charge in [0, 0.05) is 25.0 Å². The fraction of sp³-hybridized carbons (Fsp3) is 0.455. The average Bonchev–Trinajstić information content (AvgIpc) is 2.50. The summed E-state index contributed by atoms with van der Waals surface area (Å²) in [5.41, 5.74) is 6.71. The summed E-state index contributed by atoms with van der Waals surface area (Å²) in [6.45, 7) is 1.59. The topological polar surface area (TPSA) is 29.3 Å². The highest BCUT2D eigenvalue weighted by Gasteiger charge is 2.29. The Bertz CT molecular complexity index is 368. The van der Waals surface area contributed by atoms with Crippen LogP contribution in [0.5, 0.6) is 0 Å². The van der Waals surface area contributed by atoms with Crippen LogP contribution in [-0.4, -0.2) is 31.1 Å². The van der Waals surface area contributed by atoms with E-state index in [0.29, 0.717) is 0 Å². The van der Waals surface area contributed by atoms with Crippen LogP contribution in [0.4, 0.5) is 8.78 Å². The van der Waals surface area contributed by atoms with E-state index in [4.69, 9.17) is 5.73 Å². The number of likely N-dealkylation sites (N-methyl/N-ethyl adjacent to an activating group) is 1. The lowest BCUT2D eigenvalue weighted by Crippen LogP contribution is -2.27. The second-order valence-corrected chi connectivity index (χ2v) is 4.17. The first-order chi connectivity index (χ1) is 7.08. The van der Waals surface area contributed by atoms with Crippen LogP contribution < -0.4 is 5.73 Å². The van der Waals surface area contributed by atoms with Crippen molar-refractivity contribution in [2.45, 2.75) is 12.0 Å². The highest BCUT2D eigenvalue weighted by molar-refractivity contribution is 5.25. The van der Waals surface area contributed by atoms with E-state index in [1.165, 1.54) is 6.07 Å². The van der Waals surface area contributed by atoms with E-state index in [1.807, 2.05) is 7.05 Å². The van der Waals surface area contributed by atoms with Gasteiger partial charge in [0.25, 0.3) is 0 Å². The summed E-state index contributed by atoms with van der Waals surface area (Å²) >= 11 is 0. The maximum Gasteiger partial charge on any atom is 0.159 e. The van der Waals surface area contributed by atoms with Crippen LogP contribution in [0.3, 0.4) is 0 Å². The molecule has 0 radical (unpaired) electrons. The lowest BCUT2D eigenvalue weighted by molar-refractivity contribution is 0.407. The Kier molecular flexibility index (Phi) is 2.71. The Morgan fingerprint density at radius 1 is 1.27 bits per heavy atom. The van der Waals surface area contributed by atoms with E-state index < -0.39 is 11.6 Å². The van der Waals surface area contributed by atoms with Crippen molar-refractivity contribution in [3.05, 3.63) is 35.4 Å². The number of benzene rings is 1. The van der Waals surface area contributed by atoms with E-state index in [0.717, 1.165) is 24.7 Å². The minimum absolute atomic E-state index is 0.000128. The third-order valence-corrected chi connectivity index (χ3v) is 2.92. The number of likely N-dealkylation sites (tertiary alicyclic amines) is 1. The Labute approximate surface area is 87.7 Å². The van der Waals surface area contributed by atoms with Crippen molar-refractivity contribution in [1.82, 2.24) is 4.90 Å². The minimum atomic E-state index is -0.807. The van der Waals surface area contributed by atoms with Crippen LogP contribution in [0.1, 0.15) is 11.5 Å². The van der Waals surface area contributed by atoms with Gasteiger partial charge in [0.15, 0.2) is 11.6 Å². The summed E-state index contributed by atoms with van der Waals surface area (Å²) in [7, 11) is 1.97. The van der Waals surface area contributed by atoms with E-state index in [9.17, 15) is 8.78 Å². The molecule has 0 spiro atoms. The molecule has 2 rings (SSSR count). The second kappa shape index (κ2) is 3.87. The quantitative estimate of drug-likeness (QED) is 0.760. The first-order valence-electron chi connectivity index (χ1n) is 4.97. The van der Waals surface area contributed by atoms with Crippen molar-refractivity contribution in [1.29, 1.82) is 0 Å². The maximum atomic E-state index is 13.0. The number of halogens is 2. The fourth-order valence-corrected chi connectivity index (χ4v) is 2.13. The Morgan fingerprint density at radius 2 is 2.00 bits per heavy atom. The molecular weight excluding hydrogens is 198 g/mol. The van der Waals surface area contributed by atoms with Gasteiger partial charge in [-0.3, -0.25) is 0 Å². The summed E-state index contributed by atoms with van der Waals surface area (Å²) in [4.78, 5) is 2.09. The van der Waals surface area contributed by atoms with E-state index >= 15 is 0 Å². The Morgan fingerprint density at radius 3 is 2.53 bits per heavy atom. The predicted molar refractivity (Wildman–Crippen MR) is 54.6 cm³/mol. The highest BCUT2D eigenvalue weighted by Crippen LogP contribution is 2.26. The highest BCUT2D eigenvalue weighted by atomic mass is 19.2. The van der Waals surface area contributed by atoms with Crippen molar-refractivity contribution in [3.8, 4) is 0 Å². The molecule has 15 heavy (non-hydrogen) atoms. The molecule has 1 aliphatic rings. The van der Waals surface area contributed by atoms with Gasteiger partial charge < -0.3 is 10.6 Å². The lowest BCUT2D eigenvalue weighted by Gasteiger charge is -2.14. The van der Waals surface area contributed by atoms with Gasteiger partial charge in [-0.25, -0.2) is 8.78 Å². The molecule has 1 heterocycles. The molecule has 1 saturated heterocycles. The standard InChI is InChI=1S/C11H14F2N2/c1-15-5-8(11(14)6-15)7-2-3-9(12)10(13)4-7/h2-4,8,11H,5-6,14H2,1H3/t8-,11+/m0/s1. The number of nitrogens with zero attached hydrogens (tertiary/aromatic N) is 1. The summed E-state index contributed by atoms with van der Waals surface area (Å²) in [5.74, 6) is -1.50. The van der Waals surface area contributed by atoms with E-state index in [1.54, 1.807) is 6.07 Å². The average molecular weight is 212 g/mol. The van der Waals surface area contributed by atoms with Crippen LogP contribution in [0.2, 0.25) is 0 Å². The summed E-state index contributed by atoms with van der Waals surface area (Å²) in [6, 6.07) is 4.02. The largest absolute Gasteiger partial charge is 0.326 e. The van der Waals surface area contributed by atoms with Crippen LogP contribution in [0, 0.1) is 11.6 Å². The van der Waals surface area contributed by atoms with Gasteiger partial charge >= 0.3 is 0 Å². The third kappa shape index (κ3) is 2.01. The molecule has 2 atom stereocenters. The molecule has 1 aliphatic heterocycles. The van der Waals surface area contributed by atoms with Gasteiger partial charge in [-0.05, 0) is 24.7 Å². The molecule has 1 aromatic carbocycles. The van der Waals surface area contributed by atoms with Crippen molar-refractivity contribution >= 4 is 0 Å². The first kappa shape index (κ1) is 10.5. The van der Waals surface area contributed by atoms with E-state index in [2.05, 4.69) is 4.90 Å². The molecule has 0 aliphatic carbocycles. The van der Waals surface area contributed by atoms with Crippen LogP contribution >= 0.6 is 0 Å². The molecule has 0 saturated carbocycles. The van der Waals surface area contributed by atoms with Crippen LogP contribution in [0.15, 0.2) is 18.2 Å². The number of hydrogen-bond donors (Lipinski definition) is 1. The number of nitrogens with two attached hydrogens (primary N) is 1. The fourth-order valence-electron chi connectivity index (χ4n) is 2.13. The molecule has 1 aromatic rings. The molecule has 1 fully saturated rings. The normalized spacial score (nSPS) is 27.2. The smallest absolute Gasteiger partial charge is 0.159 e. The third-order valence-electron chi connectivity index (χ3n) is 2.92. The number of rotatable bonds is 1. The van der Waals surface area contributed by atoms with Crippen molar-refractivity contribution in [3.63, 3.8) is 0 Å². The zero-order chi connectivity index (χ0) is 11.0. The predicted octanol–water partition coefficient (Wildman–Crippen LogP) is 1.32. The maximum absolute atomic E-state index is 13.0. The van der Waals surface area contributed by atoms with Crippen molar-refractivity contribution in [2.24, 2.45) is 5.73 Å². The lowest BCUT2D eigenvalue weighted by atomic mass is 9.95. The van der Waals surface area contributed by atoms with Crippen LogP contribution in [0.25, 0.3) is 0 Å². The Balaban J connectivity index is 2.26. The van der Waals surface area contributed by atoms with Gasteiger partial charge in [-0.2, -0.15) is 0 Å². The summed E-state index contributed by atoms with van der Waals surface area (Å²) in [6.07, 6.45) is 0. The SMILES string of the molecule is CN1C[C@@H](N)[C@H](c2ccc(F)c(F)c2)C1. The molecule has 0 amide bonds. The molecule has 0 bridgehead atoms. The molecule has 0 unspecified atom stereocenters. The zero-order valence-corrected chi connectivity index (χ0v) is 8.58. The van der Waals surface area contributed by atoms with E-state index in [-0.39, 0.29) is 12.0 Å². The van der Waals surface area contributed by atoms with Crippen LogP contribution in [-0.2, 0) is 0 Å². The molecule has 4 heteroatoms.